The zero-order chi connectivity index (χ0) is 14.1. The molecule has 3 nitrogen and oxygen atoms in total. The van der Waals surface area contributed by atoms with E-state index in [0.717, 1.165) is 24.8 Å². The van der Waals surface area contributed by atoms with Crippen LogP contribution in [0.15, 0.2) is 30.3 Å². The smallest absolute Gasteiger partial charge is 0.233 e. The topological polar surface area (TPSA) is 37.4 Å². The second-order valence-corrected chi connectivity index (χ2v) is 5.99. The van der Waals surface area contributed by atoms with Crippen LogP contribution in [0.5, 0.6) is 0 Å². The molecule has 3 heteroatoms. The average Bonchev–Trinajstić information content (AvgIpc) is 2.79. The zero-order valence-corrected chi connectivity index (χ0v) is 11.9. The maximum atomic E-state index is 12.5. The first kappa shape index (κ1) is 13.3. The number of Topliss-reactive ketones (excluding diaryl/α,β-unsaturated/α-hetero) is 1. The summed E-state index contributed by atoms with van der Waals surface area (Å²) in [5.74, 6) is 0.0321. The summed E-state index contributed by atoms with van der Waals surface area (Å²) < 4.78 is 0. The minimum atomic E-state index is -0.369. The lowest BCUT2D eigenvalue weighted by atomic mass is 9.77. The fraction of sp³-hybridized carbons (Fsp3) is 0.529. The number of rotatable bonds is 4. The SMILES string of the molecule is C[C@H](c1ccccc1)N1CCC(C(=O)C2CCC2)C1=O. The van der Waals surface area contributed by atoms with Crippen LogP contribution in [0.3, 0.4) is 0 Å². The maximum Gasteiger partial charge on any atom is 0.233 e. The first-order valence-corrected chi connectivity index (χ1v) is 7.57. The monoisotopic (exact) mass is 271 g/mol. The molecule has 0 aromatic heterocycles. The van der Waals surface area contributed by atoms with Crippen molar-refractivity contribution >= 4 is 11.7 Å². The summed E-state index contributed by atoms with van der Waals surface area (Å²) in [6.45, 7) is 2.75. The predicted octanol–water partition coefficient (Wildman–Crippen LogP) is 2.97. The quantitative estimate of drug-likeness (QED) is 0.790. The van der Waals surface area contributed by atoms with E-state index in [1.807, 2.05) is 42.2 Å². The zero-order valence-electron chi connectivity index (χ0n) is 11.9. The van der Waals surface area contributed by atoms with E-state index in [-0.39, 0.29) is 29.6 Å². The Balaban J connectivity index is 1.70. The number of hydrogen-bond donors (Lipinski definition) is 0. The van der Waals surface area contributed by atoms with Crippen molar-refractivity contribution in [1.29, 1.82) is 0 Å². The van der Waals surface area contributed by atoms with E-state index in [2.05, 4.69) is 0 Å². The molecule has 1 aromatic carbocycles. The van der Waals surface area contributed by atoms with Crippen LogP contribution in [-0.2, 0) is 9.59 Å². The highest BCUT2D eigenvalue weighted by atomic mass is 16.2. The largest absolute Gasteiger partial charge is 0.335 e. The second kappa shape index (κ2) is 5.39. The average molecular weight is 271 g/mol. The Morgan fingerprint density at radius 3 is 2.50 bits per heavy atom. The summed E-state index contributed by atoms with van der Waals surface area (Å²) in [5.41, 5.74) is 1.14. The molecular formula is C17H21NO2. The molecule has 106 valence electrons. The maximum absolute atomic E-state index is 12.5. The first-order chi connectivity index (χ1) is 9.68. The third-order valence-electron chi connectivity index (χ3n) is 4.84. The van der Waals surface area contributed by atoms with Crippen molar-refractivity contribution < 1.29 is 9.59 Å². The summed E-state index contributed by atoms with van der Waals surface area (Å²) in [7, 11) is 0. The van der Waals surface area contributed by atoms with Crippen LogP contribution in [0.1, 0.15) is 44.2 Å². The highest BCUT2D eigenvalue weighted by molar-refractivity contribution is 6.04. The van der Waals surface area contributed by atoms with Gasteiger partial charge < -0.3 is 4.90 Å². The van der Waals surface area contributed by atoms with Gasteiger partial charge >= 0.3 is 0 Å². The number of hydrogen-bond acceptors (Lipinski definition) is 2. The number of ketones is 1. The third-order valence-corrected chi connectivity index (χ3v) is 4.84. The van der Waals surface area contributed by atoms with Gasteiger partial charge in [0.05, 0.1) is 12.0 Å². The Kier molecular flexibility index (Phi) is 3.60. The van der Waals surface area contributed by atoms with E-state index < -0.39 is 0 Å². The summed E-state index contributed by atoms with van der Waals surface area (Å²) in [6, 6.07) is 10.1. The molecule has 3 rings (SSSR count). The van der Waals surface area contributed by atoms with E-state index in [1.54, 1.807) is 0 Å². The normalized spacial score (nSPS) is 24.6. The molecule has 2 fully saturated rings. The van der Waals surface area contributed by atoms with Crippen LogP contribution >= 0.6 is 0 Å². The van der Waals surface area contributed by atoms with Crippen molar-refractivity contribution in [2.75, 3.05) is 6.54 Å². The Hall–Kier alpha value is -1.64. The van der Waals surface area contributed by atoms with Crippen LogP contribution < -0.4 is 0 Å². The predicted molar refractivity (Wildman–Crippen MR) is 77.0 cm³/mol. The Bertz CT molecular complexity index is 507. The number of carbonyl (C=O) groups is 2. The van der Waals surface area contributed by atoms with E-state index in [1.165, 1.54) is 0 Å². The van der Waals surface area contributed by atoms with Crippen LogP contribution in [0.4, 0.5) is 0 Å². The molecule has 2 aliphatic rings. The van der Waals surface area contributed by atoms with Gasteiger partial charge in [-0.25, -0.2) is 0 Å². The molecule has 1 amide bonds. The van der Waals surface area contributed by atoms with E-state index in [9.17, 15) is 9.59 Å². The molecule has 20 heavy (non-hydrogen) atoms. The molecule has 1 unspecified atom stereocenters. The molecule has 0 bridgehead atoms. The summed E-state index contributed by atoms with van der Waals surface area (Å²) >= 11 is 0. The van der Waals surface area contributed by atoms with Gasteiger partial charge in [-0.05, 0) is 31.7 Å². The Morgan fingerprint density at radius 1 is 1.20 bits per heavy atom. The molecular weight excluding hydrogens is 250 g/mol. The van der Waals surface area contributed by atoms with Gasteiger partial charge in [0, 0.05) is 12.5 Å². The van der Waals surface area contributed by atoms with Gasteiger partial charge in [-0.3, -0.25) is 9.59 Å². The van der Waals surface area contributed by atoms with Crippen molar-refractivity contribution in [1.82, 2.24) is 4.90 Å². The summed E-state index contributed by atoms with van der Waals surface area (Å²) in [6.07, 6.45) is 3.81. The molecule has 0 N–H and O–H groups in total. The second-order valence-electron chi connectivity index (χ2n) is 5.99. The van der Waals surface area contributed by atoms with E-state index >= 15 is 0 Å². The van der Waals surface area contributed by atoms with Crippen LogP contribution in [-0.4, -0.2) is 23.1 Å². The first-order valence-electron chi connectivity index (χ1n) is 7.57. The van der Waals surface area contributed by atoms with Gasteiger partial charge in [-0.15, -0.1) is 0 Å². The van der Waals surface area contributed by atoms with Crippen LogP contribution in [0.25, 0.3) is 0 Å². The third kappa shape index (κ3) is 2.26. The number of carbonyl (C=O) groups excluding carboxylic acids is 2. The minimum absolute atomic E-state index is 0.0400. The van der Waals surface area contributed by atoms with Crippen molar-refractivity contribution in [2.45, 2.75) is 38.6 Å². The van der Waals surface area contributed by atoms with Gasteiger partial charge in [-0.2, -0.15) is 0 Å². The standard InChI is InChI=1S/C17H21NO2/c1-12(13-6-3-2-4-7-13)18-11-10-15(17(18)20)16(19)14-8-5-9-14/h2-4,6-7,12,14-15H,5,8-11H2,1H3/t12-,15?/m1/s1. The molecule has 1 aliphatic heterocycles. The highest BCUT2D eigenvalue weighted by Crippen LogP contribution is 2.35. The van der Waals surface area contributed by atoms with Gasteiger partial charge in [0.1, 0.15) is 5.78 Å². The fourth-order valence-electron chi connectivity index (χ4n) is 3.24. The lowest BCUT2D eigenvalue weighted by Gasteiger charge is -2.28. The Labute approximate surface area is 120 Å². The lowest BCUT2D eigenvalue weighted by molar-refractivity contribution is -0.140. The highest BCUT2D eigenvalue weighted by Gasteiger charge is 2.42. The molecule has 1 saturated carbocycles. The van der Waals surface area contributed by atoms with Gasteiger partial charge in [0.2, 0.25) is 5.91 Å². The van der Waals surface area contributed by atoms with Gasteiger partial charge in [0.25, 0.3) is 0 Å². The van der Waals surface area contributed by atoms with Crippen molar-refractivity contribution in [3.63, 3.8) is 0 Å². The Morgan fingerprint density at radius 2 is 1.90 bits per heavy atom. The lowest BCUT2D eigenvalue weighted by Crippen LogP contribution is -2.36. The molecule has 1 saturated heterocycles. The van der Waals surface area contributed by atoms with Gasteiger partial charge in [0.15, 0.2) is 0 Å². The summed E-state index contributed by atoms with van der Waals surface area (Å²) in [5, 5.41) is 0. The number of nitrogens with zero attached hydrogens (tertiary/aromatic N) is 1. The number of amides is 1. The molecule has 0 spiro atoms. The molecule has 1 aromatic rings. The number of benzene rings is 1. The summed E-state index contributed by atoms with van der Waals surface area (Å²) in [4.78, 5) is 26.7. The van der Waals surface area contributed by atoms with Crippen LogP contribution in [0, 0.1) is 11.8 Å². The minimum Gasteiger partial charge on any atom is -0.335 e. The molecule has 1 heterocycles. The van der Waals surface area contributed by atoms with E-state index in [0.29, 0.717) is 13.0 Å². The van der Waals surface area contributed by atoms with Crippen LogP contribution in [0.2, 0.25) is 0 Å². The fourth-order valence-corrected chi connectivity index (χ4v) is 3.24. The molecule has 2 atom stereocenters. The van der Waals surface area contributed by atoms with Crippen molar-refractivity contribution in [3.05, 3.63) is 35.9 Å². The van der Waals surface area contributed by atoms with Crippen molar-refractivity contribution in [2.24, 2.45) is 11.8 Å². The van der Waals surface area contributed by atoms with E-state index in [4.69, 9.17) is 0 Å². The van der Waals surface area contributed by atoms with Crippen molar-refractivity contribution in [3.8, 4) is 0 Å². The molecule has 0 radical (unpaired) electrons. The molecule has 1 aliphatic carbocycles. The number of likely N-dealkylation sites (tertiary alicyclic amines) is 1. The van der Waals surface area contributed by atoms with Gasteiger partial charge in [-0.1, -0.05) is 36.8 Å².